The molecule has 0 aliphatic rings. The van der Waals surface area contributed by atoms with Crippen molar-refractivity contribution < 1.29 is 23.5 Å². The Morgan fingerprint density at radius 2 is 1.66 bits per heavy atom. The van der Waals surface area contributed by atoms with Gasteiger partial charge in [0.1, 0.15) is 23.1 Å². The molecule has 0 heterocycles. The van der Waals surface area contributed by atoms with E-state index in [4.69, 9.17) is 9.47 Å². The standard InChI is InChI=1S/C23H20FNO4/c1-15-4-3-5-20(12-15)29-18-8-6-17(7-9-18)25-23(27)14-28-19-10-11-21(16(2)26)22(24)13-19/h3-13H,14H2,1-2H3,(H,25,27). The molecule has 0 saturated heterocycles. The minimum atomic E-state index is -0.681. The first-order valence-electron chi connectivity index (χ1n) is 8.98. The number of hydrogen-bond acceptors (Lipinski definition) is 4. The van der Waals surface area contributed by atoms with Crippen molar-refractivity contribution in [3.8, 4) is 17.2 Å². The third-order valence-corrected chi connectivity index (χ3v) is 4.05. The van der Waals surface area contributed by atoms with E-state index in [-0.39, 0.29) is 23.7 Å². The van der Waals surface area contributed by atoms with Gasteiger partial charge >= 0.3 is 0 Å². The average Bonchev–Trinajstić information content (AvgIpc) is 2.68. The zero-order chi connectivity index (χ0) is 20.8. The maximum Gasteiger partial charge on any atom is 0.262 e. The van der Waals surface area contributed by atoms with Crippen LogP contribution in [0.4, 0.5) is 10.1 Å². The highest BCUT2D eigenvalue weighted by Gasteiger charge is 2.10. The van der Waals surface area contributed by atoms with Crippen LogP contribution in [0.1, 0.15) is 22.8 Å². The fourth-order valence-electron chi connectivity index (χ4n) is 2.64. The summed E-state index contributed by atoms with van der Waals surface area (Å²) in [7, 11) is 0. The summed E-state index contributed by atoms with van der Waals surface area (Å²) in [6, 6.07) is 18.5. The first-order valence-corrected chi connectivity index (χ1v) is 8.98. The van der Waals surface area contributed by atoms with E-state index >= 15 is 0 Å². The number of benzene rings is 3. The normalized spacial score (nSPS) is 10.3. The highest BCUT2D eigenvalue weighted by Crippen LogP contribution is 2.24. The van der Waals surface area contributed by atoms with Crippen molar-refractivity contribution in [1.29, 1.82) is 0 Å². The molecule has 3 aromatic rings. The van der Waals surface area contributed by atoms with E-state index in [0.717, 1.165) is 17.4 Å². The Morgan fingerprint density at radius 1 is 0.931 bits per heavy atom. The number of aryl methyl sites for hydroxylation is 1. The van der Waals surface area contributed by atoms with Crippen LogP contribution in [0.5, 0.6) is 17.2 Å². The molecule has 3 aromatic carbocycles. The molecule has 0 aliphatic heterocycles. The van der Waals surface area contributed by atoms with Gasteiger partial charge < -0.3 is 14.8 Å². The molecule has 0 unspecified atom stereocenters. The Kier molecular flexibility index (Phi) is 6.24. The summed E-state index contributed by atoms with van der Waals surface area (Å²) < 4.78 is 24.8. The third kappa shape index (κ3) is 5.65. The molecule has 6 heteroatoms. The molecule has 1 amide bonds. The van der Waals surface area contributed by atoms with Gasteiger partial charge in [0.2, 0.25) is 0 Å². The number of hydrogen-bond donors (Lipinski definition) is 1. The molecular weight excluding hydrogens is 373 g/mol. The van der Waals surface area contributed by atoms with Gasteiger partial charge in [0.25, 0.3) is 5.91 Å². The summed E-state index contributed by atoms with van der Waals surface area (Å²) in [4.78, 5) is 23.3. The molecule has 0 fully saturated rings. The topological polar surface area (TPSA) is 64.6 Å². The number of rotatable bonds is 7. The number of carbonyl (C=O) groups is 2. The lowest BCUT2D eigenvalue weighted by Crippen LogP contribution is -2.20. The zero-order valence-electron chi connectivity index (χ0n) is 16.1. The monoisotopic (exact) mass is 393 g/mol. The van der Waals surface area contributed by atoms with Crippen molar-refractivity contribution in [2.75, 3.05) is 11.9 Å². The quantitative estimate of drug-likeness (QED) is 0.564. The van der Waals surface area contributed by atoms with E-state index in [0.29, 0.717) is 11.4 Å². The number of halogens is 1. The van der Waals surface area contributed by atoms with E-state index < -0.39 is 11.7 Å². The van der Waals surface area contributed by atoms with Gasteiger partial charge in [0, 0.05) is 11.8 Å². The second-order valence-electron chi connectivity index (χ2n) is 6.48. The Bertz CT molecular complexity index is 1030. The predicted molar refractivity (Wildman–Crippen MR) is 108 cm³/mol. The Labute approximate surface area is 168 Å². The molecule has 0 spiro atoms. The van der Waals surface area contributed by atoms with E-state index in [9.17, 15) is 14.0 Å². The summed E-state index contributed by atoms with van der Waals surface area (Å²) in [5.74, 6) is 0.100. The molecule has 29 heavy (non-hydrogen) atoms. The van der Waals surface area contributed by atoms with Gasteiger partial charge in [0.15, 0.2) is 12.4 Å². The predicted octanol–water partition coefficient (Wildman–Crippen LogP) is 5.15. The van der Waals surface area contributed by atoms with Gasteiger partial charge in [0.05, 0.1) is 5.56 Å². The first-order chi connectivity index (χ1) is 13.9. The van der Waals surface area contributed by atoms with E-state index in [1.807, 2.05) is 31.2 Å². The van der Waals surface area contributed by atoms with Crippen LogP contribution in [0, 0.1) is 12.7 Å². The minimum absolute atomic E-state index is 0.0187. The van der Waals surface area contributed by atoms with Crippen LogP contribution in [0.3, 0.4) is 0 Å². The van der Waals surface area contributed by atoms with Crippen LogP contribution in [-0.2, 0) is 4.79 Å². The van der Waals surface area contributed by atoms with Crippen molar-refractivity contribution in [2.24, 2.45) is 0 Å². The van der Waals surface area contributed by atoms with Gasteiger partial charge in [-0.05, 0) is 67.9 Å². The van der Waals surface area contributed by atoms with E-state index in [1.165, 1.54) is 19.1 Å². The molecule has 1 N–H and O–H groups in total. The highest BCUT2D eigenvalue weighted by molar-refractivity contribution is 5.94. The highest BCUT2D eigenvalue weighted by atomic mass is 19.1. The number of Topliss-reactive ketones (excluding diaryl/α,β-unsaturated/α-hetero) is 1. The van der Waals surface area contributed by atoms with Crippen LogP contribution in [0.2, 0.25) is 0 Å². The van der Waals surface area contributed by atoms with Crippen molar-refractivity contribution in [2.45, 2.75) is 13.8 Å². The van der Waals surface area contributed by atoms with E-state index in [1.54, 1.807) is 24.3 Å². The smallest absolute Gasteiger partial charge is 0.262 e. The number of ether oxygens (including phenoxy) is 2. The number of nitrogens with one attached hydrogen (secondary N) is 1. The molecular formula is C23H20FNO4. The minimum Gasteiger partial charge on any atom is -0.484 e. The second-order valence-corrected chi connectivity index (χ2v) is 6.48. The molecule has 0 radical (unpaired) electrons. The molecule has 0 atom stereocenters. The SMILES string of the molecule is CC(=O)c1ccc(OCC(=O)Nc2ccc(Oc3cccc(C)c3)cc2)cc1F. The molecule has 0 bridgehead atoms. The lowest BCUT2D eigenvalue weighted by atomic mass is 10.1. The Hall–Kier alpha value is -3.67. The Balaban J connectivity index is 1.53. The van der Waals surface area contributed by atoms with Crippen molar-refractivity contribution in [1.82, 2.24) is 0 Å². The number of carbonyl (C=O) groups excluding carboxylic acids is 2. The van der Waals surface area contributed by atoms with Gasteiger partial charge in [-0.3, -0.25) is 9.59 Å². The van der Waals surface area contributed by atoms with Crippen molar-refractivity contribution in [3.05, 3.63) is 83.7 Å². The molecule has 5 nitrogen and oxygen atoms in total. The lowest BCUT2D eigenvalue weighted by molar-refractivity contribution is -0.118. The van der Waals surface area contributed by atoms with E-state index in [2.05, 4.69) is 5.32 Å². The van der Waals surface area contributed by atoms with Crippen LogP contribution in [0.15, 0.2) is 66.7 Å². The summed E-state index contributed by atoms with van der Waals surface area (Å²) >= 11 is 0. The molecule has 148 valence electrons. The number of ketones is 1. The lowest BCUT2D eigenvalue weighted by Gasteiger charge is -2.10. The summed E-state index contributed by atoms with van der Waals surface area (Å²) in [5, 5.41) is 2.69. The molecule has 0 saturated carbocycles. The summed E-state index contributed by atoms with van der Waals surface area (Å²) in [5.41, 5.74) is 1.66. The molecule has 3 rings (SSSR count). The maximum atomic E-state index is 13.8. The average molecular weight is 393 g/mol. The van der Waals surface area contributed by atoms with Gasteiger partial charge in [-0.25, -0.2) is 4.39 Å². The molecule has 0 aliphatic carbocycles. The van der Waals surface area contributed by atoms with Gasteiger partial charge in [-0.15, -0.1) is 0 Å². The number of anilines is 1. The van der Waals surface area contributed by atoms with Crippen LogP contribution in [0.25, 0.3) is 0 Å². The largest absolute Gasteiger partial charge is 0.484 e. The second kappa shape index (κ2) is 9.01. The van der Waals surface area contributed by atoms with Gasteiger partial charge in [-0.2, -0.15) is 0 Å². The van der Waals surface area contributed by atoms with Crippen molar-refractivity contribution >= 4 is 17.4 Å². The van der Waals surface area contributed by atoms with Crippen molar-refractivity contribution in [3.63, 3.8) is 0 Å². The summed E-state index contributed by atoms with van der Waals surface area (Å²) in [6.45, 7) is 2.98. The first kappa shape index (κ1) is 20.1. The van der Waals surface area contributed by atoms with Crippen LogP contribution >= 0.6 is 0 Å². The number of amides is 1. The maximum absolute atomic E-state index is 13.8. The third-order valence-electron chi connectivity index (χ3n) is 4.05. The van der Waals surface area contributed by atoms with Crippen LogP contribution < -0.4 is 14.8 Å². The Morgan fingerprint density at radius 3 is 2.31 bits per heavy atom. The van der Waals surface area contributed by atoms with Crippen LogP contribution in [-0.4, -0.2) is 18.3 Å². The zero-order valence-corrected chi connectivity index (χ0v) is 16.1. The fourth-order valence-corrected chi connectivity index (χ4v) is 2.64. The molecule has 0 aromatic heterocycles. The fraction of sp³-hybridized carbons (Fsp3) is 0.130. The summed E-state index contributed by atoms with van der Waals surface area (Å²) in [6.07, 6.45) is 0. The van der Waals surface area contributed by atoms with Gasteiger partial charge in [-0.1, -0.05) is 12.1 Å².